The van der Waals surface area contributed by atoms with Crippen LogP contribution in [0.1, 0.15) is 40.3 Å². The fourth-order valence-electron chi connectivity index (χ4n) is 2.98. The Kier molecular flexibility index (Phi) is 4.85. The normalized spacial score (nSPS) is 27.3. The summed E-state index contributed by atoms with van der Waals surface area (Å²) in [5, 5.41) is 10.9. The summed E-state index contributed by atoms with van der Waals surface area (Å²) >= 11 is 0. The van der Waals surface area contributed by atoms with Crippen LogP contribution >= 0.6 is 0 Å². The minimum absolute atomic E-state index is 0.0190. The van der Waals surface area contributed by atoms with Crippen LogP contribution in [0.25, 0.3) is 11.2 Å². The number of aliphatic hydroxyl groups excluding tert-OH is 1. The number of hydrogen-bond donors (Lipinski definition) is 2. The molecule has 0 aliphatic carbocycles. The Morgan fingerprint density at radius 1 is 1.31 bits per heavy atom. The Hall–Kier alpha value is -1.55. The van der Waals surface area contributed by atoms with Crippen LogP contribution in [-0.2, 0) is 9.16 Å². The zero-order valence-electron chi connectivity index (χ0n) is 16.3. The second-order valence-corrected chi connectivity index (χ2v) is 13.1. The van der Waals surface area contributed by atoms with Crippen molar-refractivity contribution in [3.8, 4) is 0 Å². The van der Waals surface area contributed by atoms with Crippen molar-refractivity contribution in [2.75, 3.05) is 5.73 Å². The maximum Gasteiger partial charge on any atom is 0.192 e. The zero-order chi connectivity index (χ0) is 19.3. The van der Waals surface area contributed by atoms with Gasteiger partial charge in [-0.25, -0.2) is 15.0 Å². The van der Waals surface area contributed by atoms with Crippen molar-refractivity contribution in [2.24, 2.45) is 0 Å². The summed E-state index contributed by atoms with van der Waals surface area (Å²) in [5.41, 5.74) is 7.00. The number of nitrogens with zero attached hydrogens (tertiary/aromatic N) is 4. The van der Waals surface area contributed by atoms with Crippen molar-refractivity contribution < 1.29 is 14.3 Å². The molecule has 3 N–H and O–H groups in total. The van der Waals surface area contributed by atoms with Gasteiger partial charge < -0.3 is 20.0 Å². The van der Waals surface area contributed by atoms with Gasteiger partial charge in [0.1, 0.15) is 24.1 Å². The molecule has 3 rings (SSSR count). The second kappa shape index (κ2) is 6.56. The number of imidazole rings is 1. The molecule has 0 spiro atoms. The first kappa shape index (κ1) is 19.2. The lowest BCUT2D eigenvalue weighted by molar-refractivity contribution is -0.0325. The number of aliphatic hydroxyl groups is 1. The van der Waals surface area contributed by atoms with Gasteiger partial charge in [0.05, 0.1) is 12.4 Å². The minimum atomic E-state index is -2.12. The quantitative estimate of drug-likeness (QED) is 0.786. The molecule has 0 saturated carbocycles. The lowest BCUT2D eigenvalue weighted by atomic mass is 10.1. The maximum atomic E-state index is 10.9. The van der Waals surface area contributed by atoms with Crippen molar-refractivity contribution in [3.05, 3.63) is 12.7 Å². The van der Waals surface area contributed by atoms with E-state index in [9.17, 15) is 5.11 Å². The van der Waals surface area contributed by atoms with Crippen molar-refractivity contribution in [3.63, 3.8) is 0 Å². The minimum Gasteiger partial charge on any atom is -0.407 e. The first-order chi connectivity index (χ1) is 12.1. The van der Waals surface area contributed by atoms with E-state index in [1.54, 1.807) is 10.9 Å². The smallest absolute Gasteiger partial charge is 0.192 e. The summed E-state index contributed by atoms with van der Waals surface area (Å²) < 4.78 is 14.5. The summed E-state index contributed by atoms with van der Waals surface area (Å²) in [6.45, 7) is 12.9. The molecule has 4 unspecified atom stereocenters. The van der Waals surface area contributed by atoms with Crippen LogP contribution in [0.3, 0.4) is 0 Å². The summed E-state index contributed by atoms with van der Waals surface area (Å²) in [5.74, 6) is 0.321. The van der Waals surface area contributed by atoms with Gasteiger partial charge in [-0.15, -0.1) is 0 Å². The second-order valence-electron chi connectivity index (χ2n) is 8.39. The molecule has 144 valence electrons. The number of nitrogen functional groups attached to an aromatic ring is 1. The van der Waals surface area contributed by atoms with Gasteiger partial charge in [-0.05, 0) is 24.6 Å². The summed E-state index contributed by atoms with van der Waals surface area (Å²) in [6, 6.07) is 0. The van der Waals surface area contributed by atoms with E-state index >= 15 is 0 Å². The van der Waals surface area contributed by atoms with E-state index in [0.29, 0.717) is 23.4 Å². The molecule has 2 aromatic heterocycles. The van der Waals surface area contributed by atoms with Gasteiger partial charge in [0.2, 0.25) is 0 Å². The standard InChI is InChI=1S/C17H29N5O3Si/c1-7-10-12(23)13(25-26(5,6)17(2,3)4)16(24-10)22-9-21-11-14(18)19-8-20-15(11)22/h8-10,12-13,16,23H,7H2,1-6H3,(H2,18,19,20). The largest absolute Gasteiger partial charge is 0.407 e. The van der Waals surface area contributed by atoms with E-state index < -0.39 is 26.8 Å². The van der Waals surface area contributed by atoms with Gasteiger partial charge >= 0.3 is 0 Å². The molecular formula is C17H29N5O3Si. The van der Waals surface area contributed by atoms with Crippen LogP contribution in [0.5, 0.6) is 0 Å². The van der Waals surface area contributed by atoms with Gasteiger partial charge in [0.15, 0.2) is 26.0 Å². The molecule has 26 heavy (non-hydrogen) atoms. The third-order valence-electron chi connectivity index (χ3n) is 5.61. The van der Waals surface area contributed by atoms with E-state index in [1.165, 1.54) is 6.33 Å². The lowest BCUT2D eigenvalue weighted by Gasteiger charge is -2.40. The number of hydrogen-bond acceptors (Lipinski definition) is 7. The maximum absolute atomic E-state index is 10.9. The zero-order valence-corrected chi connectivity index (χ0v) is 17.3. The summed E-state index contributed by atoms with van der Waals surface area (Å²) in [4.78, 5) is 12.6. The predicted molar refractivity (Wildman–Crippen MR) is 102 cm³/mol. The van der Waals surface area contributed by atoms with E-state index in [0.717, 1.165) is 0 Å². The van der Waals surface area contributed by atoms with Crippen molar-refractivity contribution in [2.45, 2.75) is 76.8 Å². The Bertz CT molecular complexity index is 788. The predicted octanol–water partition coefficient (Wildman–Crippen LogP) is 2.47. The van der Waals surface area contributed by atoms with Crippen LogP contribution in [0.4, 0.5) is 5.82 Å². The van der Waals surface area contributed by atoms with E-state index in [2.05, 4.69) is 48.8 Å². The Morgan fingerprint density at radius 2 is 2.00 bits per heavy atom. The molecule has 1 saturated heterocycles. The van der Waals surface area contributed by atoms with Crippen LogP contribution in [-0.4, -0.2) is 51.3 Å². The van der Waals surface area contributed by atoms with Crippen molar-refractivity contribution in [1.29, 1.82) is 0 Å². The van der Waals surface area contributed by atoms with E-state index in [-0.39, 0.29) is 11.1 Å². The average Bonchev–Trinajstić information content (AvgIpc) is 3.09. The highest BCUT2D eigenvalue weighted by molar-refractivity contribution is 6.74. The van der Waals surface area contributed by atoms with Gasteiger partial charge in [0.25, 0.3) is 0 Å². The van der Waals surface area contributed by atoms with Crippen LogP contribution in [0.2, 0.25) is 18.1 Å². The van der Waals surface area contributed by atoms with Gasteiger partial charge in [-0.3, -0.25) is 4.57 Å². The molecule has 3 heterocycles. The van der Waals surface area contributed by atoms with Gasteiger partial charge in [-0.2, -0.15) is 0 Å². The molecule has 1 fully saturated rings. The molecule has 0 amide bonds. The van der Waals surface area contributed by atoms with Gasteiger partial charge in [-0.1, -0.05) is 27.7 Å². The van der Waals surface area contributed by atoms with Crippen LogP contribution < -0.4 is 5.73 Å². The molecule has 1 aliphatic heterocycles. The Morgan fingerprint density at radius 3 is 2.62 bits per heavy atom. The topological polar surface area (TPSA) is 108 Å². The summed E-state index contributed by atoms with van der Waals surface area (Å²) in [7, 11) is -2.12. The van der Waals surface area contributed by atoms with Crippen molar-refractivity contribution >= 4 is 25.3 Å². The molecule has 8 nitrogen and oxygen atoms in total. The third-order valence-corrected chi connectivity index (χ3v) is 10.1. The Labute approximate surface area is 154 Å². The highest BCUT2D eigenvalue weighted by atomic mass is 28.4. The van der Waals surface area contributed by atoms with Crippen LogP contribution in [0, 0.1) is 0 Å². The average molecular weight is 380 g/mol. The number of aromatic nitrogens is 4. The molecule has 0 radical (unpaired) electrons. The molecule has 2 aromatic rings. The molecule has 9 heteroatoms. The first-order valence-corrected chi connectivity index (χ1v) is 11.9. The number of nitrogens with two attached hydrogens (primary N) is 1. The Balaban J connectivity index is 2.01. The highest BCUT2D eigenvalue weighted by Crippen LogP contribution is 2.42. The third kappa shape index (κ3) is 3.13. The number of fused-ring (bicyclic) bond motifs is 1. The molecule has 0 bridgehead atoms. The monoisotopic (exact) mass is 379 g/mol. The first-order valence-electron chi connectivity index (χ1n) is 9.01. The van der Waals surface area contributed by atoms with Crippen LogP contribution in [0.15, 0.2) is 12.7 Å². The molecule has 0 aromatic carbocycles. The molecular weight excluding hydrogens is 350 g/mol. The van der Waals surface area contributed by atoms with Gasteiger partial charge in [0, 0.05) is 0 Å². The van der Waals surface area contributed by atoms with Crippen molar-refractivity contribution in [1.82, 2.24) is 19.5 Å². The molecule has 4 atom stereocenters. The fraction of sp³-hybridized carbons (Fsp3) is 0.706. The van der Waals surface area contributed by atoms with E-state index in [1.807, 2.05) is 6.92 Å². The lowest BCUT2D eigenvalue weighted by Crippen LogP contribution is -2.48. The summed E-state index contributed by atoms with van der Waals surface area (Å²) in [6.07, 6.45) is 1.72. The SMILES string of the molecule is CCC1OC(n2cnc3c(N)ncnc32)C(O[Si](C)(C)C(C)(C)C)C1O. The highest BCUT2D eigenvalue weighted by Gasteiger charge is 2.50. The number of ether oxygens (including phenoxy) is 1. The number of anilines is 1. The number of rotatable bonds is 4. The molecule has 1 aliphatic rings. The van der Waals surface area contributed by atoms with E-state index in [4.69, 9.17) is 14.9 Å². The fourth-order valence-corrected chi connectivity index (χ4v) is 4.27.